The molecule has 3 aromatic heterocycles. The Kier molecular flexibility index (Phi) is 2.51. The average molecular weight is 276 g/mol. The van der Waals surface area contributed by atoms with Gasteiger partial charge in [0.2, 0.25) is 5.69 Å². The number of hydrogen-bond donors (Lipinski definition) is 0. The van der Waals surface area contributed by atoms with Crippen LogP contribution in [0, 0.1) is 6.92 Å². The zero-order valence-corrected chi connectivity index (χ0v) is 11.9. The van der Waals surface area contributed by atoms with Crippen molar-refractivity contribution in [3.63, 3.8) is 0 Å². The van der Waals surface area contributed by atoms with Crippen LogP contribution >= 0.6 is 0 Å². The summed E-state index contributed by atoms with van der Waals surface area (Å²) >= 11 is 0. The van der Waals surface area contributed by atoms with Gasteiger partial charge in [-0.25, -0.2) is 0 Å². The summed E-state index contributed by atoms with van der Waals surface area (Å²) in [4.78, 5) is 4.20. The second-order valence-corrected chi connectivity index (χ2v) is 5.14. The monoisotopic (exact) mass is 276 g/mol. The fraction of sp³-hybridized carbons (Fsp3) is 0.118. The van der Waals surface area contributed by atoms with Crippen molar-refractivity contribution < 1.29 is 9.10 Å². The molecular weight excluding hydrogens is 262 g/mol. The molecular formula is C17H14N3O+. The van der Waals surface area contributed by atoms with Gasteiger partial charge in [-0.15, -0.1) is 0 Å². The maximum Gasteiger partial charge on any atom is 0.242 e. The molecule has 0 saturated heterocycles. The van der Waals surface area contributed by atoms with E-state index in [2.05, 4.69) is 35.2 Å². The minimum absolute atomic E-state index is 0.860. The summed E-state index contributed by atoms with van der Waals surface area (Å²) in [6.07, 6.45) is 5.38. The molecule has 0 unspecified atom stereocenters. The van der Waals surface area contributed by atoms with Crippen molar-refractivity contribution in [2.75, 3.05) is 0 Å². The first-order valence-corrected chi connectivity index (χ1v) is 6.83. The molecule has 3 heterocycles. The molecule has 0 amide bonds. The van der Waals surface area contributed by atoms with Crippen molar-refractivity contribution in [3.05, 3.63) is 54.5 Å². The highest BCUT2D eigenvalue weighted by molar-refractivity contribution is 6.09. The Balaban J connectivity index is 2.18. The van der Waals surface area contributed by atoms with Gasteiger partial charge >= 0.3 is 0 Å². The molecule has 4 rings (SSSR count). The fourth-order valence-electron chi connectivity index (χ4n) is 2.79. The predicted molar refractivity (Wildman–Crippen MR) is 80.7 cm³/mol. The largest absolute Gasteiger partial charge is 0.455 e. The van der Waals surface area contributed by atoms with Crippen molar-refractivity contribution in [2.24, 2.45) is 7.05 Å². The molecule has 0 fully saturated rings. The smallest absolute Gasteiger partial charge is 0.242 e. The van der Waals surface area contributed by atoms with Gasteiger partial charge in [-0.05, 0) is 29.7 Å². The quantitative estimate of drug-likeness (QED) is 0.501. The van der Waals surface area contributed by atoms with E-state index in [1.165, 1.54) is 0 Å². The molecule has 4 heteroatoms. The van der Waals surface area contributed by atoms with Crippen LogP contribution in [0.25, 0.3) is 33.2 Å². The lowest BCUT2D eigenvalue weighted by Gasteiger charge is -2.03. The number of aryl methyl sites for hydroxylation is 2. The van der Waals surface area contributed by atoms with Crippen molar-refractivity contribution in [2.45, 2.75) is 6.92 Å². The van der Waals surface area contributed by atoms with E-state index in [1.807, 2.05) is 30.1 Å². The Morgan fingerprint density at radius 3 is 2.81 bits per heavy atom. The normalized spacial score (nSPS) is 11.3. The number of furan rings is 1. The van der Waals surface area contributed by atoms with Crippen molar-refractivity contribution in [1.82, 2.24) is 10.1 Å². The number of benzene rings is 1. The molecule has 0 saturated carbocycles. The van der Waals surface area contributed by atoms with E-state index < -0.39 is 0 Å². The van der Waals surface area contributed by atoms with E-state index in [9.17, 15) is 0 Å². The molecule has 102 valence electrons. The van der Waals surface area contributed by atoms with Crippen LogP contribution in [0.3, 0.4) is 0 Å². The first-order valence-electron chi connectivity index (χ1n) is 6.83. The van der Waals surface area contributed by atoms with Gasteiger partial charge in [-0.1, -0.05) is 16.8 Å². The molecule has 4 aromatic rings. The van der Waals surface area contributed by atoms with E-state index in [0.717, 1.165) is 38.8 Å². The predicted octanol–water partition coefficient (Wildman–Crippen LogP) is 3.18. The molecule has 0 radical (unpaired) electrons. The van der Waals surface area contributed by atoms with Gasteiger partial charge in [0, 0.05) is 29.2 Å². The summed E-state index contributed by atoms with van der Waals surface area (Å²) in [6.45, 7) is 2.09. The first-order chi connectivity index (χ1) is 10.3. The van der Waals surface area contributed by atoms with E-state index >= 15 is 0 Å². The Morgan fingerprint density at radius 1 is 1.05 bits per heavy atom. The molecule has 0 spiro atoms. The SMILES string of the molecule is Cc1ccc2c(oc3ccncc32)c1-c1cccn[n+]1C. The van der Waals surface area contributed by atoms with Crippen molar-refractivity contribution in [3.8, 4) is 11.3 Å². The van der Waals surface area contributed by atoms with Crippen molar-refractivity contribution >= 4 is 21.9 Å². The summed E-state index contributed by atoms with van der Waals surface area (Å²) in [6, 6.07) is 10.1. The highest BCUT2D eigenvalue weighted by Crippen LogP contribution is 2.36. The summed E-state index contributed by atoms with van der Waals surface area (Å²) < 4.78 is 7.96. The van der Waals surface area contributed by atoms with Crippen LogP contribution in [0.15, 0.2) is 53.3 Å². The topological polar surface area (TPSA) is 42.8 Å². The van der Waals surface area contributed by atoms with Gasteiger partial charge in [-0.3, -0.25) is 4.98 Å². The van der Waals surface area contributed by atoms with Gasteiger partial charge in [0.1, 0.15) is 11.2 Å². The summed E-state index contributed by atoms with van der Waals surface area (Å²) in [5.41, 5.74) is 5.03. The second kappa shape index (κ2) is 4.38. The van der Waals surface area contributed by atoms with E-state index in [4.69, 9.17) is 4.42 Å². The van der Waals surface area contributed by atoms with Crippen LogP contribution in [-0.4, -0.2) is 10.1 Å². The molecule has 0 aliphatic carbocycles. The average Bonchev–Trinajstić information content (AvgIpc) is 2.87. The van der Waals surface area contributed by atoms with Gasteiger partial charge < -0.3 is 4.42 Å². The number of nitrogens with zero attached hydrogens (tertiary/aromatic N) is 3. The third-order valence-corrected chi connectivity index (χ3v) is 3.83. The van der Waals surface area contributed by atoms with E-state index in [-0.39, 0.29) is 0 Å². The number of hydrogen-bond acceptors (Lipinski definition) is 3. The molecule has 21 heavy (non-hydrogen) atoms. The molecule has 1 aromatic carbocycles. The van der Waals surface area contributed by atoms with Gasteiger partial charge in [-0.2, -0.15) is 0 Å². The zero-order chi connectivity index (χ0) is 14.4. The maximum absolute atomic E-state index is 6.09. The first kappa shape index (κ1) is 12.0. The summed E-state index contributed by atoms with van der Waals surface area (Å²) in [7, 11) is 1.94. The Hall–Kier alpha value is -2.75. The highest BCUT2D eigenvalue weighted by Gasteiger charge is 2.20. The lowest BCUT2D eigenvalue weighted by atomic mass is 10.0. The summed E-state index contributed by atoms with van der Waals surface area (Å²) in [5, 5.41) is 6.45. The Morgan fingerprint density at radius 2 is 1.95 bits per heavy atom. The van der Waals surface area contributed by atoms with E-state index in [1.54, 1.807) is 12.4 Å². The number of fused-ring (bicyclic) bond motifs is 3. The lowest BCUT2D eigenvalue weighted by Crippen LogP contribution is -2.35. The minimum Gasteiger partial charge on any atom is -0.455 e. The Labute approximate surface area is 121 Å². The molecule has 0 atom stereocenters. The van der Waals surface area contributed by atoms with Crippen LogP contribution in [0.2, 0.25) is 0 Å². The molecule has 0 aliphatic heterocycles. The van der Waals surface area contributed by atoms with E-state index in [0.29, 0.717) is 0 Å². The molecule has 4 nitrogen and oxygen atoms in total. The van der Waals surface area contributed by atoms with Crippen LogP contribution in [0.1, 0.15) is 5.56 Å². The third kappa shape index (κ3) is 1.72. The molecule has 0 bridgehead atoms. The second-order valence-electron chi connectivity index (χ2n) is 5.14. The number of rotatable bonds is 1. The van der Waals surface area contributed by atoms with Crippen molar-refractivity contribution in [1.29, 1.82) is 0 Å². The third-order valence-electron chi connectivity index (χ3n) is 3.83. The Bertz CT molecular complexity index is 972. The number of pyridine rings is 1. The molecule has 0 N–H and O–H groups in total. The summed E-state index contributed by atoms with van der Waals surface area (Å²) in [5.74, 6) is 0. The van der Waals surface area contributed by atoms with Gasteiger partial charge in [0.25, 0.3) is 0 Å². The fourth-order valence-corrected chi connectivity index (χ4v) is 2.79. The maximum atomic E-state index is 6.09. The van der Waals surface area contributed by atoms with Crippen LogP contribution in [0.4, 0.5) is 0 Å². The van der Waals surface area contributed by atoms with Gasteiger partial charge in [0.05, 0.1) is 11.8 Å². The van der Waals surface area contributed by atoms with Crippen LogP contribution in [-0.2, 0) is 7.05 Å². The van der Waals surface area contributed by atoms with Crippen LogP contribution in [0.5, 0.6) is 0 Å². The molecule has 0 aliphatic rings. The van der Waals surface area contributed by atoms with Gasteiger partial charge in [0.15, 0.2) is 7.05 Å². The van der Waals surface area contributed by atoms with Crippen LogP contribution < -0.4 is 4.68 Å². The zero-order valence-electron chi connectivity index (χ0n) is 11.9. The number of aromatic nitrogens is 3. The minimum atomic E-state index is 0.860. The standard InChI is InChI=1S/C17H14N3O/c1-11-5-6-12-13-10-18-9-7-15(13)21-17(12)16(11)14-4-3-8-19-20(14)2/h3-10H,1-2H3/q+1. The lowest BCUT2D eigenvalue weighted by molar-refractivity contribution is -0.720. The highest BCUT2D eigenvalue weighted by atomic mass is 16.3.